The standard InChI is InChI=1S/C67H117N17O21/c1-30(2)19-39(68)56(94)75-41(21-32(5)6)59(97)77-44(25-50(69)88)57(95)72-37(14)55(93)80-46(24-35(11)12)67(105)84-18-16-17-49(84)65(103)79-42(22-33(7)8)60(98)78-45(26-52(90)91)58(96)73-36(13)54(92)74-40(20-31(3)4)61(99)81-48(29-86)64(102)82-47(28-85)63(101)76-43(23-34(9)10)62(100)83-53(38(15)87)66(104)71-27-51(70)89/h30-49,53,85-87H,16-29,68H2,1-15H3,(H2,69,88)(H2,70,89)(H,71,104)(H,72,95)(H,73,96)(H,74,92)(H,75,94)(H,76,101)(H,77,97)(H,78,98)(H,79,103)(H,80,93)(H,81,99)(H,82,102)(H,83,100)(H,90,91)/t36-,37-,38+,39-,40-,41-,42-,43-,44-,45-,46-,47-,48-,49-,53-/m0/s1. The lowest BCUT2D eigenvalue weighted by Gasteiger charge is -2.31. The molecule has 0 spiro atoms. The molecule has 15 atom stereocenters. The van der Waals surface area contributed by atoms with Crippen LogP contribution < -0.4 is 86.3 Å². The normalized spacial score (nSPS) is 16.9. The van der Waals surface area contributed by atoms with E-state index in [1.54, 1.807) is 69.2 Å². The van der Waals surface area contributed by atoms with Gasteiger partial charge in [-0.15, -0.1) is 0 Å². The minimum atomic E-state index is -1.90. The van der Waals surface area contributed by atoms with E-state index in [4.69, 9.17) is 17.2 Å². The van der Waals surface area contributed by atoms with Gasteiger partial charge >= 0.3 is 5.97 Å². The second-order valence-corrected chi connectivity index (χ2v) is 29.1. The molecule has 1 aliphatic rings. The highest BCUT2D eigenvalue weighted by Crippen LogP contribution is 2.22. The highest BCUT2D eigenvalue weighted by Gasteiger charge is 2.42. The Bertz CT molecular complexity index is 3020. The molecule has 16 amide bonds. The lowest BCUT2D eigenvalue weighted by molar-refractivity contribution is -0.143. The minimum absolute atomic E-state index is 0.0175. The molecule has 23 N–H and O–H groups in total. The number of aliphatic hydroxyl groups is 3. The van der Waals surface area contributed by atoms with Crippen LogP contribution in [0.25, 0.3) is 0 Å². The van der Waals surface area contributed by atoms with Crippen molar-refractivity contribution in [1.82, 2.24) is 74.0 Å². The van der Waals surface area contributed by atoms with Gasteiger partial charge in [0.15, 0.2) is 0 Å². The minimum Gasteiger partial charge on any atom is -0.481 e. The van der Waals surface area contributed by atoms with Crippen LogP contribution >= 0.6 is 0 Å². The molecule has 1 saturated heterocycles. The topological polar surface area (TPSA) is 609 Å². The van der Waals surface area contributed by atoms with Crippen LogP contribution in [0.5, 0.6) is 0 Å². The van der Waals surface area contributed by atoms with Crippen molar-refractivity contribution in [3.8, 4) is 0 Å². The lowest BCUT2D eigenvalue weighted by Crippen LogP contribution is -2.62. The first-order valence-electron chi connectivity index (χ1n) is 35.4. The van der Waals surface area contributed by atoms with Crippen molar-refractivity contribution in [2.75, 3.05) is 26.3 Å². The van der Waals surface area contributed by atoms with Gasteiger partial charge in [-0.2, -0.15) is 0 Å². The quantitative estimate of drug-likeness (QED) is 0.0270. The second-order valence-electron chi connectivity index (χ2n) is 29.1. The fourth-order valence-electron chi connectivity index (χ4n) is 11.0. The molecule has 1 fully saturated rings. The molecular formula is C67H117N17O21. The molecule has 38 nitrogen and oxygen atoms in total. The number of nitrogens with zero attached hydrogens (tertiary/aromatic N) is 1. The molecule has 0 unspecified atom stereocenters. The number of primary amides is 2. The Hall–Kier alpha value is -9.17. The zero-order valence-corrected chi connectivity index (χ0v) is 62.9. The van der Waals surface area contributed by atoms with Gasteiger partial charge in [0.2, 0.25) is 94.5 Å². The molecule has 0 aliphatic carbocycles. The van der Waals surface area contributed by atoms with Gasteiger partial charge in [-0.25, -0.2) is 0 Å². The van der Waals surface area contributed by atoms with E-state index in [1.807, 2.05) is 13.8 Å². The van der Waals surface area contributed by atoms with Crippen molar-refractivity contribution in [1.29, 1.82) is 0 Å². The Morgan fingerprint density at radius 3 is 1.08 bits per heavy atom. The average Bonchev–Trinajstić information content (AvgIpc) is 1.70. The van der Waals surface area contributed by atoms with Crippen molar-refractivity contribution in [3.63, 3.8) is 0 Å². The van der Waals surface area contributed by atoms with Crippen LogP contribution in [0.15, 0.2) is 0 Å². The molecule has 0 radical (unpaired) electrons. The number of amides is 16. The molecular weight excluding hydrogens is 1380 g/mol. The number of hydrogen-bond acceptors (Lipinski definition) is 21. The first-order chi connectivity index (χ1) is 48.7. The van der Waals surface area contributed by atoms with Crippen LogP contribution in [0, 0.1) is 35.5 Å². The highest BCUT2D eigenvalue weighted by atomic mass is 16.4. The van der Waals surface area contributed by atoms with Crippen LogP contribution in [-0.4, -0.2) is 243 Å². The van der Waals surface area contributed by atoms with Gasteiger partial charge in [-0.1, -0.05) is 83.1 Å². The number of nitrogens with two attached hydrogens (primary N) is 3. The van der Waals surface area contributed by atoms with Crippen LogP contribution in [-0.2, 0) is 81.5 Å². The third-order valence-electron chi connectivity index (χ3n) is 16.3. The summed E-state index contributed by atoms with van der Waals surface area (Å²) in [6, 6.07) is -20.8. The van der Waals surface area contributed by atoms with E-state index >= 15 is 0 Å². The monoisotopic (exact) mass is 1500 g/mol. The molecule has 0 saturated carbocycles. The molecule has 38 heteroatoms. The number of nitrogens with one attached hydrogen (secondary N) is 13. The van der Waals surface area contributed by atoms with Crippen LogP contribution in [0.1, 0.15) is 168 Å². The second kappa shape index (κ2) is 45.9. The first kappa shape index (κ1) is 93.8. The summed E-state index contributed by atoms with van der Waals surface area (Å²) in [6.07, 6.45) is -2.70. The summed E-state index contributed by atoms with van der Waals surface area (Å²) in [7, 11) is 0. The molecule has 0 aromatic carbocycles. The third kappa shape index (κ3) is 34.5. The summed E-state index contributed by atoms with van der Waals surface area (Å²) in [5.74, 6) is -18.3. The maximum Gasteiger partial charge on any atom is 0.305 e. The van der Waals surface area contributed by atoms with Crippen molar-refractivity contribution in [2.45, 2.75) is 259 Å². The fraction of sp³-hybridized carbons (Fsp3) is 0.746. The van der Waals surface area contributed by atoms with Crippen molar-refractivity contribution >= 4 is 100 Å². The van der Waals surface area contributed by atoms with E-state index in [9.17, 15) is 102 Å². The summed E-state index contributed by atoms with van der Waals surface area (Å²) in [5.41, 5.74) is 16.6. The Morgan fingerprint density at radius 1 is 0.381 bits per heavy atom. The molecule has 105 heavy (non-hydrogen) atoms. The predicted molar refractivity (Wildman–Crippen MR) is 378 cm³/mol. The third-order valence-corrected chi connectivity index (χ3v) is 16.3. The van der Waals surface area contributed by atoms with Crippen molar-refractivity contribution in [3.05, 3.63) is 0 Å². The van der Waals surface area contributed by atoms with Gasteiger partial charge < -0.3 is 112 Å². The Labute approximate surface area is 612 Å². The van der Waals surface area contributed by atoms with E-state index in [-0.39, 0.29) is 87.0 Å². The zero-order chi connectivity index (χ0) is 80.6. The molecule has 1 aliphatic heterocycles. The van der Waals surface area contributed by atoms with Crippen LogP contribution in [0.3, 0.4) is 0 Å². The Kier molecular flexibility index (Phi) is 41.0. The maximum absolute atomic E-state index is 14.5. The number of hydrogen-bond donors (Lipinski definition) is 20. The maximum atomic E-state index is 14.5. The average molecular weight is 1500 g/mol. The Balaban J connectivity index is 3.33. The molecule has 0 bridgehead atoms. The predicted octanol–water partition coefficient (Wildman–Crippen LogP) is -6.24. The largest absolute Gasteiger partial charge is 0.481 e. The number of rotatable bonds is 47. The number of aliphatic hydroxyl groups excluding tert-OH is 3. The summed E-state index contributed by atoms with van der Waals surface area (Å²) < 4.78 is 0. The summed E-state index contributed by atoms with van der Waals surface area (Å²) in [4.78, 5) is 229. The van der Waals surface area contributed by atoms with Gasteiger partial charge in [0.1, 0.15) is 78.5 Å². The van der Waals surface area contributed by atoms with Gasteiger partial charge in [-0.05, 0) is 108 Å². The van der Waals surface area contributed by atoms with Gasteiger partial charge in [0.25, 0.3) is 0 Å². The SMILES string of the molecule is CC(C)C[C@H](NC(=O)[C@H](C)NC(=O)[C@H](CC(=O)O)NC(=O)[C@H](CC(C)C)NC(=O)[C@@H]1CCCN1C(=O)[C@H](CC(C)C)NC(=O)[C@H](C)NC(=O)[C@H](CC(N)=O)NC(=O)[C@H](CC(C)C)NC(=O)[C@@H](N)CC(C)C)C(=O)N[C@@H](CO)C(=O)N[C@@H](CO)C(=O)N[C@@H](CC(C)C)C(=O)N[C@H](C(=O)NCC(N)=O)[C@@H](C)O. The number of likely N-dealkylation sites (tertiary alicyclic amines) is 1. The van der Waals surface area contributed by atoms with E-state index in [1.165, 1.54) is 18.7 Å². The van der Waals surface area contributed by atoms with Crippen LogP contribution in [0.2, 0.25) is 0 Å². The highest BCUT2D eigenvalue weighted by molar-refractivity contribution is 6.01. The van der Waals surface area contributed by atoms with E-state index < -0.39 is 224 Å². The van der Waals surface area contributed by atoms with Gasteiger partial charge in [0, 0.05) is 6.54 Å². The zero-order valence-electron chi connectivity index (χ0n) is 62.9. The first-order valence-corrected chi connectivity index (χ1v) is 35.4. The molecule has 596 valence electrons. The van der Waals surface area contributed by atoms with E-state index in [0.717, 1.165) is 6.92 Å². The van der Waals surface area contributed by atoms with Crippen LogP contribution in [0.4, 0.5) is 0 Å². The summed E-state index contributed by atoms with van der Waals surface area (Å²) in [5, 5.41) is 71.7. The summed E-state index contributed by atoms with van der Waals surface area (Å²) >= 11 is 0. The van der Waals surface area contributed by atoms with E-state index in [0.29, 0.717) is 6.42 Å². The smallest absolute Gasteiger partial charge is 0.305 e. The lowest BCUT2D eigenvalue weighted by atomic mass is 10.00. The molecule has 0 aromatic rings. The fourth-order valence-corrected chi connectivity index (χ4v) is 11.0. The molecule has 1 heterocycles. The number of carbonyl (C=O) groups is 17. The Morgan fingerprint density at radius 2 is 0.705 bits per heavy atom. The number of carbonyl (C=O) groups excluding carboxylic acids is 16. The number of carboxylic acids is 1. The van der Waals surface area contributed by atoms with Gasteiger partial charge in [-0.3, -0.25) is 81.5 Å². The van der Waals surface area contributed by atoms with Crippen molar-refractivity contribution in [2.24, 2.45) is 52.7 Å². The van der Waals surface area contributed by atoms with Crippen molar-refractivity contribution < 1.29 is 102 Å². The molecule has 1 rings (SSSR count). The van der Waals surface area contributed by atoms with E-state index in [2.05, 4.69) is 69.1 Å². The number of carboxylic acid groups (broad SMARTS) is 1. The number of aliphatic carboxylic acids is 1. The molecule has 0 aromatic heterocycles. The van der Waals surface area contributed by atoms with Gasteiger partial charge in [0.05, 0.1) is 44.7 Å². The summed E-state index contributed by atoms with van der Waals surface area (Å²) in [6.45, 7) is 21.7.